The zero-order valence-corrected chi connectivity index (χ0v) is 13.4. The fraction of sp³-hybridized carbons (Fsp3) is 0.353. The monoisotopic (exact) mass is 302 g/mol. The second-order valence-electron chi connectivity index (χ2n) is 5.18. The summed E-state index contributed by atoms with van der Waals surface area (Å²) in [5, 5.41) is 0. The van der Waals surface area contributed by atoms with Crippen LogP contribution in [-0.4, -0.2) is 31.7 Å². The Morgan fingerprint density at radius 3 is 2.41 bits per heavy atom. The molecule has 0 saturated heterocycles. The van der Waals surface area contributed by atoms with Crippen molar-refractivity contribution < 1.29 is 14.3 Å². The number of carbonyl (C=O) groups excluding carboxylic acids is 1. The van der Waals surface area contributed by atoms with Crippen molar-refractivity contribution in [1.82, 2.24) is 4.57 Å². The highest BCUT2D eigenvalue weighted by atomic mass is 16.5. The van der Waals surface area contributed by atoms with Crippen LogP contribution in [0.4, 0.5) is 5.69 Å². The number of nitrogens with zero attached hydrogens (tertiary/aromatic N) is 2. The Morgan fingerprint density at radius 2 is 1.82 bits per heavy atom. The lowest BCUT2D eigenvalue weighted by Crippen LogP contribution is -2.28. The average molecular weight is 302 g/mol. The first-order chi connectivity index (χ1) is 10.6. The molecule has 0 saturated carbocycles. The molecular weight excluding hydrogens is 280 g/mol. The van der Waals surface area contributed by atoms with Gasteiger partial charge in [-0.3, -0.25) is 4.79 Å². The van der Waals surface area contributed by atoms with Crippen LogP contribution in [0.1, 0.15) is 19.4 Å². The number of ether oxygens (including phenoxy) is 2. The number of methoxy groups -OCH3 is 2. The predicted molar refractivity (Wildman–Crippen MR) is 86.7 cm³/mol. The van der Waals surface area contributed by atoms with Gasteiger partial charge in [-0.05, 0) is 31.2 Å². The van der Waals surface area contributed by atoms with Crippen molar-refractivity contribution in [3.8, 4) is 11.5 Å². The van der Waals surface area contributed by atoms with Gasteiger partial charge in [-0.2, -0.15) is 0 Å². The van der Waals surface area contributed by atoms with E-state index < -0.39 is 0 Å². The Kier molecular flexibility index (Phi) is 5.09. The van der Waals surface area contributed by atoms with Crippen LogP contribution in [0, 0.1) is 0 Å². The van der Waals surface area contributed by atoms with Crippen molar-refractivity contribution in [3.63, 3.8) is 0 Å². The molecule has 0 aliphatic rings. The minimum atomic E-state index is 0.0495. The Balaban J connectivity index is 2.10. The molecular formula is C17H22N2O3. The van der Waals surface area contributed by atoms with Crippen LogP contribution in [0.2, 0.25) is 0 Å². The molecule has 0 spiro atoms. The maximum absolute atomic E-state index is 12.4. The summed E-state index contributed by atoms with van der Waals surface area (Å²) in [6.45, 7) is 2.03. The molecule has 1 amide bonds. The number of hydrogen-bond acceptors (Lipinski definition) is 3. The molecule has 5 heteroatoms. The van der Waals surface area contributed by atoms with Crippen LogP contribution in [0.15, 0.2) is 42.7 Å². The van der Waals surface area contributed by atoms with Crippen molar-refractivity contribution in [2.45, 2.75) is 19.4 Å². The van der Waals surface area contributed by atoms with Crippen molar-refractivity contribution >= 4 is 11.6 Å². The number of amides is 1. The average Bonchev–Trinajstić information content (AvgIpc) is 3.07. The van der Waals surface area contributed by atoms with Crippen LogP contribution in [-0.2, 0) is 4.79 Å². The van der Waals surface area contributed by atoms with Crippen LogP contribution < -0.4 is 14.4 Å². The van der Waals surface area contributed by atoms with Crippen molar-refractivity contribution in [3.05, 3.63) is 42.7 Å². The second-order valence-corrected chi connectivity index (χ2v) is 5.18. The van der Waals surface area contributed by atoms with Gasteiger partial charge in [-0.15, -0.1) is 0 Å². The molecule has 0 unspecified atom stereocenters. The summed E-state index contributed by atoms with van der Waals surface area (Å²) in [6, 6.07) is 9.48. The van der Waals surface area contributed by atoms with Gasteiger partial charge in [0.05, 0.1) is 14.2 Å². The third-order valence-corrected chi connectivity index (χ3v) is 3.74. The number of rotatable bonds is 6. The summed E-state index contributed by atoms with van der Waals surface area (Å²) in [5.74, 6) is 1.30. The highest BCUT2D eigenvalue weighted by Gasteiger charge is 2.17. The van der Waals surface area contributed by atoms with E-state index in [0.717, 1.165) is 5.69 Å². The Morgan fingerprint density at radius 1 is 1.18 bits per heavy atom. The van der Waals surface area contributed by atoms with Crippen LogP contribution >= 0.6 is 0 Å². The van der Waals surface area contributed by atoms with E-state index in [4.69, 9.17) is 9.47 Å². The molecule has 22 heavy (non-hydrogen) atoms. The molecule has 0 aliphatic carbocycles. The molecule has 0 radical (unpaired) electrons. The predicted octanol–water partition coefficient (Wildman–Crippen LogP) is 3.12. The topological polar surface area (TPSA) is 43.7 Å². The lowest BCUT2D eigenvalue weighted by Gasteiger charge is -2.21. The molecule has 0 fully saturated rings. The molecule has 5 nitrogen and oxygen atoms in total. The van der Waals surface area contributed by atoms with Gasteiger partial charge >= 0.3 is 0 Å². The number of hydrogen-bond donors (Lipinski definition) is 0. The van der Waals surface area contributed by atoms with Gasteiger partial charge in [-0.25, -0.2) is 0 Å². The van der Waals surface area contributed by atoms with E-state index in [0.29, 0.717) is 17.9 Å². The van der Waals surface area contributed by atoms with Crippen LogP contribution in [0.3, 0.4) is 0 Å². The summed E-state index contributed by atoms with van der Waals surface area (Å²) in [7, 11) is 4.94. The molecule has 1 heterocycles. The highest BCUT2D eigenvalue weighted by Crippen LogP contribution is 2.31. The smallest absolute Gasteiger partial charge is 0.228 e. The zero-order valence-electron chi connectivity index (χ0n) is 13.4. The zero-order chi connectivity index (χ0) is 16.1. The van der Waals surface area contributed by atoms with E-state index in [-0.39, 0.29) is 11.9 Å². The summed E-state index contributed by atoms with van der Waals surface area (Å²) in [5.41, 5.74) is 0.780. The quantitative estimate of drug-likeness (QED) is 0.823. The Labute approximate surface area is 131 Å². The summed E-state index contributed by atoms with van der Waals surface area (Å²) >= 11 is 0. The molecule has 2 aromatic rings. The van der Waals surface area contributed by atoms with Gasteiger partial charge in [0.1, 0.15) is 0 Å². The molecule has 0 bridgehead atoms. The van der Waals surface area contributed by atoms with Gasteiger partial charge in [0, 0.05) is 43.7 Å². The fourth-order valence-electron chi connectivity index (χ4n) is 2.31. The van der Waals surface area contributed by atoms with E-state index in [1.807, 2.05) is 42.1 Å². The molecule has 1 atom stereocenters. The van der Waals surface area contributed by atoms with Crippen molar-refractivity contribution in [2.24, 2.45) is 0 Å². The largest absolute Gasteiger partial charge is 0.493 e. The maximum atomic E-state index is 12.4. The Hall–Kier alpha value is -2.43. The summed E-state index contributed by atoms with van der Waals surface area (Å²) in [4.78, 5) is 14.1. The SMILES string of the molecule is COc1ccc(N(C)C(=O)C[C@H](C)n2cccc2)cc1OC. The number of anilines is 1. The summed E-state index contributed by atoms with van der Waals surface area (Å²) < 4.78 is 12.5. The minimum Gasteiger partial charge on any atom is -0.493 e. The first-order valence-corrected chi connectivity index (χ1v) is 7.18. The minimum absolute atomic E-state index is 0.0495. The van der Waals surface area contributed by atoms with Crippen LogP contribution in [0.25, 0.3) is 0 Å². The second kappa shape index (κ2) is 7.02. The lowest BCUT2D eigenvalue weighted by molar-refractivity contribution is -0.119. The lowest BCUT2D eigenvalue weighted by atomic mass is 10.2. The van der Waals surface area contributed by atoms with Crippen molar-refractivity contribution in [2.75, 3.05) is 26.2 Å². The molecule has 118 valence electrons. The Bertz CT molecular complexity index is 623. The molecule has 0 aliphatic heterocycles. The van der Waals surface area contributed by atoms with E-state index in [1.54, 1.807) is 38.3 Å². The van der Waals surface area contributed by atoms with Crippen LogP contribution in [0.5, 0.6) is 11.5 Å². The third-order valence-electron chi connectivity index (χ3n) is 3.74. The van der Waals surface area contributed by atoms with Gasteiger partial charge in [0.2, 0.25) is 5.91 Å². The van der Waals surface area contributed by atoms with Crippen molar-refractivity contribution in [1.29, 1.82) is 0 Å². The molecule has 1 aromatic heterocycles. The molecule has 2 rings (SSSR count). The standard InChI is InChI=1S/C17H22N2O3/c1-13(19-9-5-6-10-19)11-17(20)18(2)14-7-8-15(21-3)16(12-14)22-4/h5-10,12-13H,11H2,1-4H3/t13-/m0/s1. The maximum Gasteiger partial charge on any atom is 0.228 e. The summed E-state index contributed by atoms with van der Waals surface area (Å²) in [6.07, 6.45) is 4.36. The van der Waals surface area contributed by atoms with Gasteiger partial charge in [0.15, 0.2) is 11.5 Å². The first-order valence-electron chi connectivity index (χ1n) is 7.18. The first kappa shape index (κ1) is 15.9. The van der Waals surface area contributed by atoms with E-state index in [1.165, 1.54) is 0 Å². The van der Waals surface area contributed by atoms with E-state index in [2.05, 4.69) is 0 Å². The van der Waals surface area contributed by atoms with E-state index in [9.17, 15) is 4.79 Å². The third kappa shape index (κ3) is 3.42. The van der Waals surface area contributed by atoms with Gasteiger partial charge in [-0.1, -0.05) is 0 Å². The van der Waals surface area contributed by atoms with E-state index >= 15 is 0 Å². The molecule has 0 N–H and O–H groups in total. The number of benzene rings is 1. The van der Waals surface area contributed by atoms with Gasteiger partial charge < -0.3 is 18.9 Å². The normalized spacial score (nSPS) is 11.8. The highest BCUT2D eigenvalue weighted by molar-refractivity contribution is 5.93. The van der Waals surface area contributed by atoms with Gasteiger partial charge in [0.25, 0.3) is 0 Å². The number of aromatic nitrogens is 1. The molecule has 1 aromatic carbocycles. The number of carbonyl (C=O) groups is 1. The fourth-order valence-corrected chi connectivity index (χ4v) is 2.31.